The van der Waals surface area contributed by atoms with Crippen molar-refractivity contribution in [1.29, 1.82) is 0 Å². The van der Waals surface area contributed by atoms with Crippen LogP contribution in [0.4, 0.5) is 0 Å². The Bertz CT molecular complexity index is 621. The molecule has 7 heteroatoms. The number of morpholine rings is 1. The molecular weight excluding hydrogens is 477 g/mol. The van der Waals surface area contributed by atoms with Gasteiger partial charge in [0.25, 0.3) is 0 Å². The third-order valence-electron chi connectivity index (χ3n) is 5.75. The van der Waals surface area contributed by atoms with Crippen LogP contribution < -0.4 is 10.6 Å². The van der Waals surface area contributed by atoms with Crippen LogP contribution >= 0.6 is 24.0 Å². The summed E-state index contributed by atoms with van der Waals surface area (Å²) in [6, 6.07) is 8.71. The molecule has 0 bridgehead atoms. The highest BCUT2D eigenvalue weighted by molar-refractivity contribution is 14.0. The van der Waals surface area contributed by atoms with Crippen molar-refractivity contribution >= 4 is 29.9 Å². The number of ether oxygens (including phenoxy) is 1. The van der Waals surface area contributed by atoms with Crippen molar-refractivity contribution in [2.75, 3.05) is 59.5 Å². The number of guanidine groups is 1. The molecule has 0 amide bonds. The number of benzene rings is 1. The van der Waals surface area contributed by atoms with E-state index in [1.807, 2.05) is 7.05 Å². The first kappa shape index (κ1) is 24.4. The highest BCUT2D eigenvalue weighted by atomic mass is 127. The first-order chi connectivity index (χ1) is 13.8. The number of rotatable bonds is 8. The highest BCUT2D eigenvalue weighted by Crippen LogP contribution is 2.15. The molecular formula is C22H38IN5O. The Labute approximate surface area is 193 Å². The fourth-order valence-corrected chi connectivity index (χ4v) is 4.12. The zero-order valence-corrected chi connectivity index (χ0v) is 20.4. The first-order valence-electron chi connectivity index (χ1n) is 10.8. The maximum Gasteiger partial charge on any atom is 0.191 e. The Morgan fingerprint density at radius 3 is 2.59 bits per heavy atom. The van der Waals surface area contributed by atoms with Crippen molar-refractivity contribution in [3.63, 3.8) is 0 Å². The largest absolute Gasteiger partial charge is 0.379 e. The number of likely N-dealkylation sites (tertiary alicyclic amines) is 1. The van der Waals surface area contributed by atoms with Crippen LogP contribution in [0.15, 0.2) is 29.3 Å². The molecule has 0 saturated carbocycles. The summed E-state index contributed by atoms with van der Waals surface area (Å²) >= 11 is 0. The molecule has 2 saturated heterocycles. The fourth-order valence-electron chi connectivity index (χ4n) is 4.12. The van der Waals surface area contributed by atoms with Crippen molar-refractivity contribution in [1.82, 2.24) is 20.4 Å². The van der Waals surface area contributed by atoms with Gasteiger partial charge in [0.15, 0.2) is 5.96 Å². The van der Waals surface area contributed by atoms with Crippen LogP contribution in [0, 0.1) is 5.92 Å². The quantitative estimate of drug-likeness (QED) is 0.317. The van der Waals surface area contributed by atoms with Crippen LogP contribution in [0.1, 0.15) is 30.9 Å². The van der Waals surface area contributed by atoms with E-state index in [0.29, 0.717) is 0 Å². The third-order valence-corrected chi connectivity index (χ3v) is 5.75. The van der Waals surface area contributed by atoms with Crippen molar-refractivity contribution in [3.05, 3.63) is 35.4 Å². The van der Waals surface area contributed by atoms with Gasteiger partial charge in [0.2, 0.25) is 0 Å². The normalized spacial score (nSPS) is 21.0. The van der Waals surface area contributed by atoms with E-state index in [9.17, 15) is 0 Å². The van der Waals surface area contributed by atoms with E-state index < -0.39 is 0 Å². The molecule has 2 aliphatic rings. The summed E-state index contributed by atoms with van der Waals surface area (Å²) < 4.78 is 5.47. The summed E-state index contributed by atoms with van der Waals surface area (Å²) in [5.74, 6) is 1.62. The van der Waals surface area contributed by atoms with E-state index in [1.54, 1.807) is 0 Å². The molecule has 1 aromatic carbocycles. The van der Waals surface area contributed by atoms with Crippen LogP contribution in [-0.4, -0.2) is 75.3 Å². The molecule has 3 rings (SSSR count). The first-order valence-corrected chi connectivity index (χ1v) is 10.8. The molecule has 1 aromatic rings. The molecule has 164 valence electrons. The minimum atomic E-state index is 0. The van der Waals surface area contributed by atoms with Gasteiger partial charge < -0.3 is 20.3 Å². The predicted octanol–water partition coefficient (Wildman–Crippen LogP) is 2.53. The summed E-state index contributed by atoms with van der Waals surface area (Å²) in [5, 5.41) is 7.04. The van der Waals surface area contributed by atoms with E-state index in [1.165, 1.54) is 43.6 Å². The lowest BCUT2D eigenvalue weighted by Gasteiger charge is -2.27. The van der Waals surface area contributed by atoms with Gasteiger partial charge in [-0.2, -0.15) is 0 Å². The number of aliphatic imine (C=N–C) groups is 1. The second-order valence-electron chi connectivity index (χ2n) is 7.92. The average molecular weight is 515 g/mol. The van der Waals surface area contributed by atoms with Gasteiger partial charge in [0.1, 0.15) is 0 Å². The number of halogens is 1. The van der Waals surface area contributed by atoms with Crippen molar-refractivity contribution in [2.45, 2.75) is 32.9 Å². The van der Waals surface area contributed by atoms with Gasteiger partial charge in [-0.05, 0) is 43.0 Å². The predicted molar refractivity (Wildman–Crippen MR) is 131 cm³/mol. The molecule has 1 atom stereocenters. The molecule has 2 aliphatic heterocycles. The summed E-state index contributed by atoms with van der Waals surface area (Å²) in [4.78, 5) is 9.46. The summed E-state index contributed by atoms with van der Waals surface area (Å²) in [7, 11) is 1.85. The minimum Gasteiger partial charge on any atom is -0.379 e. The van der Waals surface area contributed by atoms with Crippen molar-refractivity contribution in [2.24, 2.45) is 10.9 Å². The fraction of sp³-hybridized carbons (Fsp3) is 0.682. The molecule has 0 aromatic heterocycles. The summed E-state index contributed by atoms with van der Waals surface area (Å²) in [6.45, 7) is 12.4. The smallest absolute Gasteiger partial charge is 0.191 e. The Hall–Kier alpha value is -0.900. The standard InChI is InChI=1S/C22H37N5O.HI/c1-3-9-26-10-8-19(17-26)15-24-22(23-2)25-16-20-6-4-5-7-21(20)18-27-11-13-28-14-12-27;/h4-7,19H,3,8-18H2,1-2H3,(H2,23,24,25);1H. The second-order valence-corrected chi connectivity index (χ2v) is 7.92. The third kappa shape index (κ3) is 8.03. The van der Waals surface area contributed by atoms with Crippen molar-refractivity contribution in [3.8, 4) is 0 Å². The summed E-state index contributed by atoms with van der Waals surface area (Å²) in [5.41, 5.74) is 2.73. The summed E-state index contributed by atoms with van der Waals surface area (Å²) in [6.07, 6.45) is 2.53. The Morgan fingerprint density at radius 1 is 1.10 bits per heavy atom. The van der Waals surface area contributed by atoms with Crippen molar-refractivity contribution < 1.29 is 4.74 Å². The highest BCUT2D eigenvalue weighted by Gasteiger charge is 2.21. The molecule has 2 fully saturated rings. The van der Waals surface area contributed by atoms with Crippen LogP contribution in [0.5, 0.6) is 0 Å². The zero-order valence-electron chi connectivity index (χ0n) is 18.0. The van der Waals surface area contributed by atoms with Gasteiger partial charge in [0, 0.05) is 46.3 Å². The molecule has 29 heavy (non-hydrogen) atoms. The molecule has 0 radical (unpaired) electrons. The number of hydrogen-bond donors (Lipinski definition) is 2. The second kappa shape index (κ2) is 13.4. The van der Waals surface area contributed by atoms with Gasteiger partial charge in [-0.1, -0.05) is 31.2 Å². The zero-order chi connectivity index (χ0) is 19.6. The SMILES string of the molecule is CCCN1CCC(CNC(=NC)NCc2ccccc2CN2CCOCC2)C1.I. The topological polar surface area (TPSA) is 52.1 Å². The monoisotopic (exact) mass is 515 g/mol. The Morgan fingerprint density at radius 2 is 1.86 bits per heavy atom. The van der Waals surface area contributed by atoms with Crippen LogP contribution in [0.2, 0.25) is 0 Å². The van der Waals surface area contributed by atoms with Crippen LogP contribution in [0.3, 0.4) is 0 Å². The van der Waals surface area contributed by atoms with Crippen LogP contribution in [-0.2, 0) is 17.8 Å². The van der Waals surface area contributed by atoms with Gasteiger partial charge in [-0.3, -0.25) is 9.89 Å². The molecule has 2 N–H and O–H groups in total. The lowest BCUT2D eigenvalue weighted by atomic mass is 10.1. The lowest BCUT2D eigenvalue weighted by Crippen LogP contribution is -2.40. The van der Waals surface area contributed by atoms with Gasteiger partial charge >= 0.3 is 0 Å². The Balaban J connectivity index is 0.00000300. The van der Waals surface area contributed by atoms with E-state index in [0.717, 1.165) is 57.8 Å². The van der Waals surface area contributed by atoms with Gasteiger partial charge in [-0.15, -0.1) is 24.0 Å². The molecule has 0 spiro atoms. The average Bonchev–Trinajstić information content (AvgIpc) is 3.18. The van der Waals surface area contributed by atoms with E-state index >= 15 is 0 Å². The maximum atomic E-state index is 5.47. The molecule has 6 nitrogen and oxygen atoms in total. The van der Waals surface area contributed by atoms with Gasteiger partial charge in [0.05, 0.1) is 13.2 Å². The molecule has 0 aliphatic carbocycles. The minimum absolute atomic E-state index is 0. The Kier molecular flexibility index (Phi) is 11.3. The van der Waals surface area contributed by atoms with Gasteiger partial charge in [-0.25, -0.2) is 0 Å². The van der Waals surface area contributed by atoms with E-state index in [4.69, 9.17) is 4.74 Å². The number of nitrogens with one attached hydrogen (secondary N) is 2. The molecule has 1 unspecified atom stereocenters. The van der Waals surface area contributed by atoms with E-state index in [2.05, 4.69) is 56.6 Å². The lowest BCUT2D eigenvalue weighted by molar-refractivity contribution is 0.0341. The number of nitrogens with zero attached hydrogens (tertiary/aromatic N) is 3. The van der Waals surface area contributed by atoms with Crippen LogP contribution in [0.25, 0.3) is 0 Å². The number of hydrogen-bond acceptors (Lipinski definition) is 4. The molecule has 2 heterocycles. The van der Waals surface area contributed by atoms with E-state index in [-0.39, 0.29) is 24.0 Å². The maximum absolute atomic E-state index is 5.47.